The first-order chi connectivity index (χ1) is 14.5. The first-order valence-corrected chi connectivity index (χ1v) is 10.9. The third-order valence-corrected chi connectivity index (χ3v) is 6.33. The quantitative estimate of drug-likeness (QED) is 0.722. The van der Waals surface area contributed by atoms with Gasteiger partial charge in [0.25, 0.3) is 0 Å². The fourth-order valence-electron chi connectivity index (χ4n) is 4.57. The topological polar surface area (TPSA) is 49.9 Å². The number of nitrogens with zero attached hydrogens (tertiary/aromatic N) is 2. The van der Waals surface area contributed by atoms with Crippen LogP contribution in [0.25, 0.3) is 0 Å². The minimum absolute atomic E-state index is 0.0873. The zero-order chi connectivity index (χ0) is 21.0. The number of ether oxygens (including phenoxy) is 1. The Morgan fingerprint density at radius 3 is 2.57 bits per heavy atom. The minimum Gasteiger partial charge on any atom is -0.485 e. The molecule has 0 saturated carbocycles. The Morgan fingerprint density at radius 2 is 1.77 bits per heavy atom. The molecular weight excluding hydrogens is 376 g/mol. The lowest BCUT2D eigenvalue weighted by Crippen LogP contribution is -2.47. The molecule has 1 amide bonds. The second-order valence-corrected chi connectivity index (χ2v) is 8.50. The number of para-hydroxylation sites is 1. The number of carbonyl (C=O) groups is 2. The van der Waals surface area contributed by atoms with Crippen molar-refractivity contribution in [3.8, 4) is 5.75 Å². The molecule has 0 bridgehead atoms. The van der Waals surface area contributed by atoms with Gasteiger partial charge < -0.3 is 14.5 Å². The van der Waals surface area contributed by atoms with Gasteiger partial charge in [0.1, 0.15) is 11.4 Å². The number of ketones is 1. The van der Waals surface area contributed by atoms with Crippen LogP contribution in [0.4, 0.5) is 0 Å². The predicted octanol–water partition coefficient (Wildman–Crippen LogP) is 3.93. The second kappa shape index (κ2) is 9.00. The number of benzene rings is 2. The van der Waals surface area contributed by atoms with E-state index in [2.05, 4.69) is 4.90 Å². The van der Waals surface area contributed by atoms with Crippen molar-refractivity contribution < 1.29 is 14.3 Å². The molecule has 1 spiro atoms. The molecule has 2 aromatic rings. The summed E-state index contributed by atoms with van der Waals surface area (Å²) in [6.07, 6.45) is 3.28. The summed E-state index contributed by atoms with van der Waals surface area (Å²) in [7, 11) is 0. The Hall–Kier alpha value is -2.66. The summed E-state index contributed by atoms with van der Waals surface area (Å²) in [4.78, 5) is 29.0. The van der Waals surface area contributed by atoms with Crippen LogP contribution in [0.1, 0.15) is 48.5 Å². The second-order valence-electron chi connectivity index (χ2n) is 8.50. The van der Waals surface area contributed by atoms with Crippen LogP contribution in [-0.4, -0.2) is 53.3 Å². The number of likely N-dealkylation sites (tertiary alicyclic amines) is 1. The summed E-state index contributed by atoms with van der Waals surface area (Å²) >= 11 is 0. The number of hydrogen-bond donors (Lipinski definition) is 0. The van der Waals surface area contributed by atoms with Crippen LogP contribution >= 0.6 is 0 Å². The molecule has 4 rings (SSSR count). The van der Waals surface area contributed by atoms with E-state index < -0.39 is 0 Å². The minimum atomic E-state index is -0.365. The Morgan fingerprint density at radius 1 is 1.00 bits per heavy atom. The molecule has 1 fully saturated rings. The molecule has 5 nitrogen and oxygen atoms in total. The lowest BCUT2D eigenvalue weighted by atomic mass is 9.93. The number of Topliss-reactive ketones (excluding diaryl/α,β-unsaturated/α-hetero) is 1. The standard InChI is InChI=1S/C25H30N2O3/c1-20(28)27-18-22-10-5-6-11-24(22)30-25(19-27)13-7-15-26(17-14-25)16-12-23(29)21-8-3-2-4-9-21/h2-6,8-11H,7,12-19H2,1H3. The zero-order valence-corrected chi connectivity index (χ0v) is 17.7. The molecule has 1 unspecified atom stereocenters. The normalized spacial score (nSPS) is 22.0. The van der Waals surface area contributed by atoms with E-state index in [0.717, 1.165) is 55.8 Å². The molecule has 158 valence electrons. The third kappa shape index (κ3) is 4.73. The van der Waals surface area contributed by atoms with Crippen LogP contribution < -0.4 is 4.74 Å². The molecule has 2 heterocycles. The fourth-order valence-corrected chi connectivity index (χ4v) is 4.57. The van der Waals surface area contributed by atoms with Crippen molar-refractivity contribution in [2.24, 2.45) is 0 Å². The largest absolute Gasteiger partial charge is 0.485 e. The van der Waals surface area contributed by atoms with Crippen molar-refractivity contribution in [1.29, 1.82) is 0 Å². The monoisotopic (exact) mass is 406 g/mol. The Kier molecular flexibility index (Phi) is 6.18. The Labute approximate surface area is 178 Å². The van der Waals surface area contributed by atoms with E-state index in [-0.39, 0.29) is 17.3 Å². The number of amides is 1. The molecule has 0 radical (unpaired) electrons. The van der Waals surface area contributed by atoms with Gasteiger partial charge >= 0.3 is 0 Å². The van der Waals surface area contributed by atoms with E-state index in [9.17, 15) is 9.59 Å². The predicted molar refractivity (Wildman–Crippen MR) is 117 cm³/mol. The van der Waals surface area contributed by atoms with Crippen molar-refractivity contribution in [3.05, 3.63) is 65.7 Å². The summed E-state index contributed by atoms with van der Waals surface area (Å²) in [5, 5.41) is 0. The highest BCUT2D eigenvalue weighted by molar-refractivity contribution is 5.96. The number of hydrogen-bond acceptors (Lipinski definition) is 4. The van der Waals surface area contributed by atoms with Gasteiger partial charge in [0.05, 0.1) is 6.54 Å². The molecule has 5 heteroatoms. The number of carbonyl (C=O) groups excluding carboxylic acids is 2. The average Bonchev–Trinajstić information content (AvgIpc) is 3.06. The molecule has 30 heavy (non-hydrogen) atoms. The molecular formula is C25H30N2O3. The van der Waals surface area contributed by atoms with Crippen LogP contribution in [0.2, 0.25) is 0 Å². The SMILES string of the molecule is CC(=O)N1Cc2ccccc2OC2(CCCN(CCC(=O)c3ccccc3)CC2)C1. The van der Waals surface area contributed by atoms with Gasteiger partial charge in [-0.2, -0.15) is 0 Å². The van der Waals surface area contributed by atoms with Crippen LogP contribution in [0.15, 0.2) is 54.6 Å². The smallest absolute Gasteiger partial charge is 0.219 e. The van der Waals surface area contributed by atoms with E-state index in [4.69, 9.17) is 4.74 Å². The van der Waals surface area contributed by atoms with Crippen LogP contribution in [-0.2, 0) is 11.3 Å². The van der Waals surface area contributed by atoms with E-state index in [1.807, 2.05) is 59.5 Å². The van der Waals surface area contributed by atoms with Gasteiger partial charge in [-0.15, -0.1) is 0 Å². The molecule has 2 aliphatic heterocycles. The summed E-state index contributed by atoms with van der Waals surface area (Å²) < 4.78 is 6.60. The van der Waals surface area contributed by atoms with E-state index in [1.54, 1.807) is 6.92 Å². The zero-order valence-electron chi connectivity index (χ0n) is 17.7. The highest BCUT2D eigenvalue weighted by Crippen LogP contribution is 2.35. The van der Waals surface area contributed by atoms with E-state index in [0.29, 0.717) is 19.5 Å². The van der Waals surface area contributed by atoms with Gasteiger partial charge in [-0.3, -0.25) is 9.59 Å². The van der Waals surface area contributed by atoms with Crippen molar-refractivity contribution in [3.63, 3.8) is 0 Å². The maximum Gasteiger partial charge on any atom is 0.219 e. The molecule has 1 atom stereocenters. The lowest BCUT2D eigenvalue weighted by molar-refractivity contribution is -0.132. The van der Waals surface area contributed by atoms with Crippen LogP contribution in [0.5, 0.6) is 5.75 Å². The molecule has 0 aliphatic carbocycles. The van der Waals surface area contributed by atoms with Crippen LogP contribution in [0.3, 0.4) is 0 Å². The number of fused-ring (bicyclic) bond motifs is 1. The summed E-state index contributed by atoms with van der Waals surface area (Å²) in [5.41, 5.74) is 1.49. The maximum absolute atomic E-state index is 12.5. The van der Waals surface area contributed by atoms with Gasteiger partial charge in [-0.1, -0.05) is 48.5 Å². The molecule has 2 aromatic carbocycles. The van der Waals surface area contributed by atoms with Gasteiger partial charge in [0.15, 0.2) is 5.78 Å². The fraction of sp³-hybridized carbons (Fsp3) is 0.440. The van der Waals surface area contributed by atoms with Crippen molar-refractivity contribution >= 4 is 11.7 Å². The van der Waals surface area contributed by atoms with E-state index >= 15 is 0 Å². The average molecular weight is 407 g/mol. The molecule has 1 saturated heterocycles. The van der Waals surface area contributed by atoms with Crippen molar-refractivity contribution in [1.82, 2.24) is 9.80 Å². The highest BCUT2D eigenvalue weighted by Gasteiger charge is 2.39. The van der Waals surface area contributed by atoms with E-state index in [1.165, 1.54) is 0 Å². The third-order valence-electron chi connectivity index (χ3n) is 6.33. The van der Waals surface area contributed by atoms with Crippen molar-refractivity contribution in [2.75, 3.05) is 26.2 Å². The molecule has 0 N–H and O–H groups in total. The van der Waals surface area contributed by atoms with Crippen molar-refractivity contribution in [2.45, 2.75) is 44.8 Å². The number of rotatable bonds is 4. The Bertz CT molecular complexity index is 898. The summed E-state index contributed by atoms with van der Waals surface area (Å²) in [5.74, 6) is 1.18. The Balaban J connectivity index is 1.43. The first kappa shape index (κ1) is 20.6. The summed E-state index contributed by atoms with van der Waals surface area (Å²) in [6.45, 7) is 5.44. The molecule has 2 aliphatic rings. The van der Waals surface area contributed by atoms with Gasteiger partial charge in [0.2, 0.25) is 5.91 Å². The van der Waals surface area contributed by atoms with Gasteiger partial charge in [-0.05, 0) is 25.5 Å². The van der Waals surface area contributed by atoms with Gasteiger partial charge in [-0.25, -0.2) is 0 Å². The maximum atomic E-state index is 12.5. The summed E-state index contributed by atoms with van der Waals surface area (Å²) in [6, 6.07) is 17.6. The van der Waals surface area contributed by atoms with Crippen LogP contribution in [0, 0.1) is 0 Å². The first-order valence-electron chi connectivity index (χ1n) is 10.9. The lowest BCUT2D eigenvalue weighted by Gasteiger charge is -2.35. The molecule has 0 aromatic heterocycles. The highest BCUT2D eigenvalue weighted by atomic mass is 16.5. The van der Waals surface area contributed by atoms with Gasteiger partial charge in [0, 0.05) is 50.5 Å².